The molecule has 5 rings (SSSR count). The number of fused-ring (bicyclic) bond motifs is 3. The summed E-state index contributed by atoms with van der Waals surface area (Å²) in [5, 5.41) is 0. The van der Waals surface area contributed by atoms with Gasteiger partial charge in [-0.1, -0.05) is 6.07 Å². The van der Waals surface area contributed by atoms with E-state index in [1.54, 1.807) is 12.3 Å². The van der Waals surface area contributed by atoms with Crippen LogP contribution in [0.4, 0.5) is 0 Å². The molecule has 0 radical (unpaired) electrons. The molecule has 32 heavy (non-hydrogen) atoms. The van der Waals surface area contributed by atoms with Crippen LogP contribution in [0.25, 0.3) is 0 Å². The Morgan fingerprint density at radius 1 is 1.25 bits per heavy atom. The molecule has 1 saturated carbocycles. The van der Waals surface area contributed by atoms with Gasteiger partial charge >= 0.3 is 5.97 Å². The zero-order valence-corrected chi connectivity index (χ0v) is 19.1. The van der Waals surface area contributed by atoms with Gasteiger partial charge in [0.2, 0.25) is 5.91 Å². The molecule has 1 aromatic heterocycles. The Kier molecular flexibility index (Phi) is 7.12. The Morgan fingerprint density at radius 2 is 1.97 bits per heavy atom. The molecule has 1 aliphatic carbocycles. The van der Waals surface area contributed by atoms with Crippen molar-refractivity contribution in [1.29, 1.82) is 0 Å². The van der Waals surface area contributed by atoms with Crippen LogP contribution in [0.3, 0.4) is 0 Å². The minimum Gasteiger partial charge on any atom is -0.464 e. The first-order chi connectivity index (χ1) is 15.4. The second-order valence-corrected chi connectivity index (χ2v) is 9.62. The van der Waals surface area contributed by atoms with Gasteiger partial charge in [0.1, 0.15) is 11.7 Å². The fourth-order valence-corrected chi connectivity index (χ4v) is 5.12. The van der Waals surface area contributed by atoms with Crippen LogP contribution < -0.4 is 5.73 Å². The van der Waals surface area contributed by atoms with E-state index in [2.05, 4.69) is 4.98 Å². The van der Waals surface area contributed by atoms with Crippen molar-refractivity contribution < 1.29 is 23.8 Å². The fraction of sp³-hybridized carbons (Fsp3) is 0.708. The maximum Gasteiger partial charge on any atom is 0.356 e. The fourth-order valence-electron chi connectivity index (χ4n) is 5.12. The van der Waals surface area contributed by atoms with Crippen LogP contribution in [0.1, 0.15) is 67.4 Å². The van der Waals surface area contributed by atoms with Crippen LogP contribution in [0.5, 0.6) is 0 Å². The Hall–Kier alpha value is -2.03. The zero-order chi connectivity index (χ0) is 22.7. The number of amides is 1. The van der Waals surface area contributed by atoms with E-state index < -0.39 is 12.0 Å². The van der Waals surface area contributed by atoms with E-state index in [4.69, 9.17) is 19.9 Å². The number of nitrogens with two attached hydrogens (primary N) is 1. The highest BCUT2D eigenvalue weighted by molar-refractivity contribution is 5.87. The average molecular weight is 446 g/mol. The number of methoxy groups -OCH3 is 1. The van der Waals surface area contributed by atoms with Crippen molar-refractivity contribution in [2.24, 2.45) is 11.1 Å². The number of aromatic nitrogens is 1. The van der Waals surface area contributed by atoms with Crippen LogP contribution in [-0.4, -0.2) is 73.4 Å². The normalized spacial score (nSPS) is 27.7. The summed E-state index contributed by atoms with van der Waals surface area (Å²) < 4.78 is 16.7. The van der Waals surface area contributed by atoms with Crippen molar-refractivity contribution in [3.05, 3.63) is 29.6 Å². The van der Waals surface area contributed by atoms with Gasteiger partial charge in [0.05, 0.1) is 32.5 Å². The molecule has 0 aromatic carbocycles. The third-order valence-corrected chi connectivity index (χ3v) is 7.52. The largest absolute Gasteiger partial charge is 0.464 e. The third-order valence-electron chi connectivity index (χ3n) is 7.52. The van der Waals surface area contributed by atoms with Gasteiger partial charge < -0.3 is 24.8 Å². The molecule has 0 spiro atoms. The molecule has 2 atom stereocenters. The van der Waals surface area contributed by atoms with Gasteiger partial charge in [0.15, 0.2) is 0 Å². The van der Waals surface area contributed by atoms with Crippen LogP contribution in [0, 0.1) is 5.41 Å². The van der Waals surface area contributed by atoms with E-state index in [1.165, 1.54) is 7.11 Å². The van der Waals surface area contributed by atoms with Crippen molar-refractivity contribution in [2.45, 2.75) is 69.6 Å². The van der Waals surface area contributed by atoms with Gasteiger partial charge in [-0.2, -0.15) is 0 Å². The van der Waals surface area contributed by atoms with Crippen molar-refractivity contribution in [3.8, 4) is 0 Å². The second-order valence-electron chi connectivity index (χ2n) is 9.62. The molecule has 4 aliphatic rings. The van der Waals surface area contributed by atoms with Crippen LogP contribution in [0.15, 0.2) is 18.3 Å². The van der Waals surface area contributed by atoms with Crippen molar-refractivity contribution in [1.82, 2.24) is 9.88 Å². The van der Waals surface area contributed by atoms with E-state index in [0.717, 1.165) is 50.7 Å². The van der Waals surface area contributed by atoms with Crippen molar-refractivity contribution >= 4 is 11.9 Å². The van der Waals surface area contributed by atoms with Crippen LogP contribution in [-0.2, 0) is 19.0 Å². The standard InChI is InChI=1S/C24H35N3O5/c1-16(31-14-24-9-5-19(6-10-24)32-15-24)21(25)22(28)27-11-7-17(8-12-27)18-3-4-20(26-13-18)23(29)30-2/h3-4,13,16-17,19,21H,5-12,14-15,25H2,1-2H3/t16-,19?,21+,24?/m1/s1. The number of piperidine rings is 1. The quantitative estimate of drug-likeness (QED) is 0.642. The lowest BCUT2D eigenvalue weighted by Crippen LogP contribution is -2.53. The first-order valence-electron chi connectivity index (χ1n) is 11.7. The SMILES string of the molecule is COC(=O)c1ccc(C2CCN(C(=O)[C@@H](N)[C@@H](C)OCC34CCC(CC3)OC4)CC2)cn1. The number of carbonyl (C=O) groups is 2. The molecule has 0 unspecified atom stereocenters. The summed E-state index contributed by atoms with van der Waals surface area (Å²) in [7, 11) is 1.34. The molecule has 3 saturated heterocycles. The predicted octanol–water partition coefficient (Wildman–Crippen LogP) is 2.27. The molecule has 4 fully saturated rings. The Bertz CT molecular complexity index is 785. The summed E-state index contributed by atoms with van der Waals surface area (Å²) in [5.74, 6) is -0.175. The Labute approximate surface area is 189 Å². The van der Waals surface area contributed by atoms with Gasteiger partial charge in [0.25, 0.3) is 0 Å². The molecule has 176 valence electrons. The Morgan fingerprint density at radius 3 is 2.53 bits per heavy atom. The highest BCUT2D eigenvalue weighted by Gasteiger charge is 2.42. The summed E-state index contributed by atoms with van der Waals surface area (Å²) in [4.78, 5) is 30.6. The smallest absolute Gasteiger partial charge is 0.356 e. The van der Waals surface area contributed by atoms with Gasteiger partial charge in [0, 0.05) is 24.7 Å². The predicted molar refractivity (Wildman–Crippen MR) is 118 cm³/mol. The van der Waals surface area contributed by atoms with Gasteiger partial charge in [-0.25, -0.2) is 9.78 Å². The number of rotatable bonds is 7. The van der Waals surface area contributed by atoms with E-state index in [-0.39, 0.29) is 17.4 Å². The Balaban J connectivity index is 1.24. The minimum absolute atomic E-state index is 0.0452. The second kappa shape index (κ2) is 9.85. The van der Waals surface area contributed by atoms with Crippen LogP contribution >= 0.6 is 0 Å². The molecule has 2 N–H and O–H groups in total. The molecule has 8 heteroatoms. The molecule has 1 aromatic rings. The number of carbonyl (C=O) groups excluding carboxylic acids is 2. The maximum absolute atomic E-state index is 13.0. The van der Waals surface area contributed by atoms with Gasteiger partial charge in [-0.3, -0.25) is 4.79 Å². The number of likely N-dealkylation sites (tertiary alicyclic amines) is 1. The number of hydrogen-bond donors (Lipinski definition) is 1. The zero-order valence-electron chi connectivity index (χ0n) is 19.1. The molecule has 3 aliphatic heterocycles. The molecule has 4 heterocycles. The number of pyridine rings is 1. The summed E-state index contributed by atoms with van der Waals surface area (Å²) in [5.41, 5.74) is 7.78. The van der Waals surface area contributed by atoms with Gasteiger partial charge in [-0.05, 0) is 63.0 Å². The number of ether oxygens (including phenoxy) is 3. The third kappa shape index (κ3) is 4.97. The lowest BCUT2D eigenvalue weighted by atomic mass is 9.72. The van der Waals surface area contributed by atoms with E-state index in [0.29, 0.717) is 37.4 Å². The highest BCUT2D eigenvalue weighted by Crippen LogP contribution is 2.43. The number of esters is 1. The summed E-state index contributed by atoms with van der Waals surface area (Å²) >= 11 is 0. The van der Waals surface area contributed by atoms with Gasteiger partial charge in [-0.15, -0.1) is 0 Å². The van der Waals surface area contributed by atoms with E-state index in [1.807, 2.05) is 17.9 Å². The molecule has 2 bridgehead atoms. The molecular formula is C24H35N3O5. The van der Waals surface area contributed by atoms with Crippen molar-refractivity contribution in [3.63, 3.8) is 0 Å². The van der Waals surface area contributed by atoms with Crippen molar-refractivity contribution in [2.75, 3.05) is 33.4 Å². The summed E-state index contributed by atoms with van der Waals surface area (Å²) in [6.45, 7) is 4.58. The van der Waals surface area contributed by atoms with E-state index >= 15 is 0 Å². The molecule has 1 amide bonds. The summed E-state index contributed by atoms with van der Waals surface area (Å²) in [6.07, 6.45) is 8.01. The lowest BCUT2D eigenvalue weighted by molar-refractivity contribution is -0.155. The highest BCUT2D eigenvalue weighted by atomic mass is 16.5. The number of nitrogens with zero attached hydrogens (tertiary/aromatic N) is 2. The first-order valence-corrected chi connectivity index (χ1v) is 11.7. The molecular weight excluding hydrogens is 410 g/mol. The summed E-state index contributed by atoms with van der Waals surface area (Å²) in [6, 6.07) is 2.95. The lowest BCUT2D eigenvalue weighted by Gasteiger charge is -2.46. The minimum atomic E-state index is -0.662. The van der Waals surface area contributed by atoms with E-state index in [9.17, 15) is 9.59 Å². The number of hydrogen-bond acceptors (Lipinski definition) is 7. The maximum atomic E-state index is 13.0. The monoisotopic (exact) mass is 445 g/mol. The topological polar surface area (TPSA) is 104 Å². The van der Waals surface area contributed by atoms with Crippen LogP contribution in [0.2, 0.25) is 0 Å². The average Bonchev–Trinajstić information content (AvgIpc) is 2.87. The first kappa shape index (κ1) is 23.1. The molecule has 8 nitrogen and oxygen atoms in total.